The highest BCUT2D eigenvalue weighted by Gasteiger charge is 2.54. The number of nitrogens with two attached hydrogens (primary N) is 1. The van der Waals surface area contributed by atoms with E-state index in [2.05, 4.69) is 0 Å². The molecule has 0 bridgehead atoms. The first-order chi connectivity index (χ1) is 8.36. The van der Waals surface area contributed by atoms with Crippen LogP contribution < -0.4 is 5.73 Å². The maximum atomic E-state index is 11.9. The molecule has 2 saturated heterocycles. The van der Waals surface area contributed by atoms with Crippen molar-refractivity contribution in [1.82, 2.24) is 4.90 Å². The number of hydrogen-bond donors (Lipinski definition) is 1. The van der Waals surface area contributed by atoms with E-state index in [1.54, 1.807) is 4.90 Å². The highest BCUT2D eigenvalue weighted by Crippen LogP contribution is 2.41. The van der Waals surface area contributed by atoms with Crippen molar-refractivity contribution in [2.45, 2.75) is 44.8 Å². The maximum absolute atomic E-state index is 11.9. The third kappa shape index (κ3) is 2.62. The Balaban J connectivity index is 1.87. The van der Waals surface area contributed by atoms with Crippen LogP contribution in [-0.2, 0) is 9.47 Å². The van der Waals surface area contributed by atoms with Crippen LogP contribution in [0.4, 0.5) is 4.79 Å². The van der Waals surface area contributed by atoms with Gasteiger partial charge in [0.15, 0.2) is 0 Å². The van der Waals surface area contributed by atoms with Gasteiger partial charge in [0.1, 0.15) is 11.2 Å². The van der Waals surface area contributed by atoms with Crippen LogP contribution in [0.5, 0.6) is 0 Å². The molecule has 2 N–H and O–H groups in total. The summed E-state index contributed by atoms with van der Waals surface area (Å²) in [5.41, 5.74) is 5.05. The fourth-order valence-corrected chi connectivity index (χ4v) is 2.80. The fraction of sp³-hybridized carbons (Fsp3) is 0.923. The number of nitrogens with zero attached hydrogens (tertiary/aromatic N) is 1. The van der Waals surface area contributed by atoms with Gasteiger partial charge in [-0.25, -0.2) is 4.79 Å². The standard InChI is InChI=1S/C13H24N2O3/c1-12(2,3)18-11(16)15-8-13(9-15)10(4-6-14)5-7-17-13/h10H,4-9,14H2,1-3H3. The zero-order valence-electron chi connectivity index (χ0n) is 11.6. The van der Waals surface area contributed by atoms with Crippen LogP contribution in [0.3, 0.4) is 0 Å². The number of carbonyl (C=O) groups excluding carboxylic acids is 1. The van der Waals surface area contributed by atoms with Gasteiger partial charge in [-0.1, -0.05) is 0 Å². The molecule has 0 saturated carbocycles. The van der Waals surface area contributed by atoms with Crippen molar-refractivity contribution in [2.75, 3.05) is 26.2 Å². The number of ether oxygens (including phenoxy) is 2. The van der Waals surface area contributed by atoms with Gasteiger partial charge in [-0.05, 0) is 46.1 Å². The molecule has 2 heterocycles. The van der Waals surface area contributed by atoms with Gasteiger partial charge in [0, 0.05) is 6.61 Å². The molecule has 5 nitrogen and oxygen atoms in total. The average Bonchev–Trinajstić information content (AvgIpc) is 2.56. The van der Waals surface area contributed by atoms with Gasteiger partial charge in [-0.3, -0.25) is 0 Å². The van der Waals surface area contributed by atoms with E-state index in [9.17, 15) is 4.79 Å². The minimum atomic E-state index is -0.437. The Labute approximate surface area is 109 Å². The van der Waals surface area contributed by atoms with Crippen LogP contribution in [-0.4, -0.2) is 48.4 Å². The summed E-state index contributed by atoms with van der Waals surface area (Å²) in [6.45, 7) is 8.39. The summed E-state index contributed by atoms with van der Waals surface area (Å²) in [5, 5.41) is 0. The summed E-state index contributed by atoms with van der Waals surface area (Å²) in [4.78, 5) is 13.6. The predicted molar refractivity (Wildman–Crippen MR) is 68.3 cm³/mol. The Bertz CT molecular complexity index is 319. The summed E-state index contributed by atoms with van der Waals surface area (Å²) >= 11 is 0. The molecule has 0 aromatic rings. The monoisotopic (exact) mass is 256 g/mol. The second-order valence-electron chi connectivity index (χ2n) is 6.31. The Kier molecular flexibility index (Phi) is 3.56. The Hall–Kier alpha value is -0.810. The zero-order valence-corrected chi connectivity index (χ0v) is 11.6. The maximum Gasteiger partial charge on any atom is 0.410 e. The van der Waals surface area contributed by atoms with Crippen LogP contribution in [0.1, 0.15) is 33.6 Å². The molecule has 0 radical (unpaired) electrons. The van der Waals surface area contributed by atoms with Crippen LogP contribution in [0.2, 0.25) is 0 Å². The van der Waals surface area contributed by atoms with Gasteiger partial charge < -0.3 is 20.1 Å². The van der Waals surface area contributed by atoms with Gasteiger partial charge in [0.2, 0.25) is 0 Å². The van der Waals surface area contributed by atoms with Gasteiger partial charge >= 0.3 is 6.09 Å². The van der Waals surface area contributed by atoms with E-state index in [-0.39, 0.29) is 11.7 Å². The van der Waals surface area contributed by atoms with Crippen molar-refractivity contribution in [3.63, 3.8) is 0 Å². The molecule has 104 valence electrons. The third-order valence-electron chi connectivity index (χ3n) is 3.68. The summed E-state index contributed by atoms with van der Waals surface area (Å²) in [5.74, 6) is 0.487. The van der Waals surface area contributed by atoms with Gasteiger partial charge in [0.25, 0.3) is 0 Å². The molecular formula is C13H24N2O3. The van der Waals surface area contributed by atoms with Crippen molar-refractivity contribution in [3.8, 4) is 0 Å². The Morgan fingerprint density at radius 2 is 2.17 bits per heavy atom. The largest absolute Gasteiger partial charge is 0.444 e. The van der Waals surface area contributed by atoms with E-state index in [1.807, 2.05) is 20.8 Å². The van der Waals surface area contributed by atoms with Gasteiger partial charge in [0.05, 0.1) is 13.1 Å². The Morgan fingerprint density at radius 3 is 2.72 bits per heavy atom. The van der Waals surface area contributed by atoms with E-state index in [1.165, 1.54) is 0 Å². The molecule has 2 fully saturated rings. The second-order valence-corrected chi connectivity index (χ2v) is 6.31. The number of carbonyl (C=O) groups is 1. The molecule has 0 aromatic carbocycles. The lowest BCUT2D eigenvalue weighted by atomic mass is 9.79. The summed E-state index contributed by atoms with van der Waals surface area (Å²) in [6.07, 6.45) is 1.79. The molecule has 2 aliphatic heterocycles. The molecule has 1 spiro atoms. The topological polar surface area (TPSA) is 64.8 Å². The molecular weight excluding hydrogens is 232 g/mol. The lowest BCUT2D eigenvalue weighted by molar-refractivity contribution is -0.129. The van der Waals surface area contributed by atoms with Crippen molar-refractivity contribution < 1.29 is 14.3 Å². The van der Waals surface area contributed by atoms with E-state index in [4.69, 9.17) is 15.2 Å². The third-order valence-corrected chi connectivity index (χ3v) is 3.68. The quantitative estimate of drug-likeness (QED) is 0.810. The van der Waals surface area contributed by atoms with Crippen molar-refractivity contribution >= 4 is 6.09 Å². The molecule has 5 heteroatoms. The van der Waals surface area contributed by atoms with Crippen molar-refractivity contribution in [1.29, 1.82) is 0 Å². The van der Waals surface area contributed by atoms with Crippen LogP contribution >= 0.6 is 0 Å². The molecule has 1 unspecified atom stereocenters. The van der Waals surface area contributed by atoms with Crippen LogP contribution in [0.15, 0.2) is 0 Å². The number of likely N-dealkylation sites (tertiary alicyclic amines) is 1. The van der Waals surface area contributed by atoms with Crippen molar-refractivity contribution in [3.05, 3.63) is 0 Å². The SMILES string of the molecule is CC(C)(C)OC(=O)N1CC2(C1)OCCC2CCN. The van der Waals surface area contributed by atoms with Gasteiger partial charge in [-0.15, -0.1) is 0 Å². The fourth-order valence-electron chi connectivity index (χ4n) is 2.80. The van der Waals surface area contributed by atoms with Crippen LogP contribution in [0, 0.1) is 5.92 Å². The first-order valence-electron chi connectivity index (χ1n) is 6.68. The molecule has 0 aromatic heterocycles. The van der Waals surface area contributed by atoms with E-state index < -0.39 is 5.60 Å². The smallest absolute Gasteiger partial charge is 0.410 e. The first-order valence-corrected chi connectivity index (χ1v) is 6.68. The number of hydrogen-bond acceptors (Lipinski definition) is 4. The molecule has 2 aliphatic rings. The molecule has 0 aliphatic carbocycles. The predicted octanol–water partition coefficient (Wildman–Crippen LogP) is 1.36. The lowest BCUT2D eigenvalue weighted by Crippen LogP contribution is -2.66. The molecule has 2 rings (SSSR count). The van der Waals surface area contributed by atoms with E-state index in [0.29, 0.717) is 25.6 Å². The zero-order chi connectivity index (χ0) is 13.4. The lowest BCUT2D eigenvalue weighted by Gasteiger charge is -2.50. The molecule has 1 atom stereocenters. The summed E-state index contributed by atoms with van der Waals surface area (Å²) < 4.78 is 11.2. The van der Waals surface area contributed by atoms with E-state index in [0.717, 1.165) is 19.4 Å². The number of amides is 1. The minimum absolute atomic E-state index is 0.143. The van der Waals surface area contributed by atoms with E-state index >= 15 is 0 Å². The first kappa shape index (κ1) is 13.6. The highest BCUT2D eigenvalue weighted by atomic mass is 16.6. The van der Waals surface area contributed by atoms with Gasteiger partial charge in [-0.2, -0.15) is 0 Å². The van der Waals surface area contributed by atoms with Crippen LogP contribution in [0.25, 0.3) is 0 Å². The minimum Gasteiger partial charge on any atom is -0.444 e. The highest BCUT2D eigenvalue weighted by molar-refractivity contribution is 5.69. The Morgan fingerprint density at radius 1 is 1.50 bits per heavy atom. The number of rotatable bonds is 2. The summed E-state index contributed by atoms with van der Waals surface area (Å²) in [7, 11) is 0. The normalized spacial score (nSPS) is 26.2. The molecule has 18 heavy (non-hydrogen) atoms. The second kappa shape index (κ2) is 4.70. The molecule has 1 amide bonds. The summed E-state index contributed by atoms with van der Waals surface area (Å²) in [6, 6.07) is 0. The average molecular weight is 256 g/mol. The van der Waals surface area contributed by atoms with Crippen molar-refractivity contribution in [2.24, 2.45) is 11.7 Å².